The lowest BCUT2D eigenvalue weighted by molar-refractivity contribution is -0.138. The first-order valence-electron chi connectivity index (χ1n) is 8.02. The van der Waals surface area contributed by atoms with E-state index in [0.717, 1.165) is 45.6 Å². The second-order valence-electron chi connectivity index (χ2n) is 5.93. The van der Waals surface area contributed by atoms with Gasteiger partial charge in [-0.2, -0.15) is 0 Å². The van der Waals surface area contributed by atoms with E-state index in [1.807, 2.05) is 7.05 Å². The fourth-order valence-electron chi connectivity index (χ4n) is 3.31. The number of ether oxygens (including phenoxy) is 1. The first-order valence-corrected chi connectivity index (χ1v) is 8.02. The number of carbonyl (C=O) groups excluding carboxylic acids is 1. The molecule has 2 saturated heterocycles. The number of likely N-dealkylation sites (N-methyl/N-ethyl adjacent to an activating group) is 1. The van der Waals surface area contributed by atoms with Crippen LogP contribution in [0.15, 0.2) is 0 Å². The second kappa shape index (κ2) is 7.96. The summed E-state index contributed by atoms with van der Waals surface area (Å²) >= 11 is 0. The normalized spacial score (nSPS) is 28.6. The van der Waals surface area contributed by atoms with Crippen LogP contribution in [0.4, 0.5) is 0 Å². The largest absolute Gasteiger partial charge is 0.374 e. The van der Waals surface area contributed by atoms with Gasteiger partial charge in [-0.15, -0.1) is 0 Å². The molecular formula is C15H29N3O2. The molecule has 5 nitrogen and oxygen atoms in total. The fraction of sp³-hybridized carbons (Fsp3) is 0.933. The van der Waals surface area contributed by atoms with Crippen LogP contribution in [0.2, 0.25) is 0 Å². The van der Waals surface area contributed by atoms with E-state index in [1.165, 1.54) is 12.8 Å². The fourth-order valence-corrected chi connectivity index (χ4v) is 3.31. The van der Waals surface area contributed by atoms with Crippen molar-refractivity contribution in [3.63, 3.8) is 0 Å². The van der Waals surface area contributed by atoms with Crippen LogP contribution in [0.1, 0.15) is 32.6 Å². The van der Waals surface area contributed by atoms with Crippen LogP contribution in [0, 0.1) is 0 Å². The molecular weight excluding hydrogens is 254 g/mol. The molecule has 2 heterocycles. The van der Waals surface area contributed by atoms with Crippen LogP contribution >= 0.6 is 0 Å². The molecule has 2 fully saturated rings. The van der Waals surface area contributed by atoms with Gasteiger partial charge < -0.3 is 15.0 Å². The minimum atomic E-state index is 0.213. The molecule has 0 saturated carbocycles. The molecule has 20 heavy (non-hydrogen) atoms. The minimum absolute atomic E-state index is 0.213. The van der Waals surface area contributed by atoms with Crippen LogP contribution in [0.5, 0.6) is 0 Å². The minimum Gasteiger partial charge on any atom is -0.374 e. The Morgan fingerprint density at radius 2 is 2.20 bits per heavy atom. The Balaban J connectivity index is 1.83. The van der Waals surface area contributed by atoms with Crippen molar-refractivity contribution in [3.8, 4) is 0 Å². The molecule has 0 aromatic carbocycles. The maximum atomic E-state index is 12.5. The number of hydrogen-bond acceptors (Lipinski definition) is 4. The lowest BCUT2D eigenvalue weighted by Gasteiger charge is -2.38. The van der Waals surface area contributed by atoms with E-state index in [-0.39, 0.29) is 6.10 Å². The van der Waals surface area contributed by atoms with Crippen LogP contribution in [0.3, 0.4) is 0 Å². The summed E-state index contributed by atoms with van der Waals surface area (Å²) in [4.78, 5) is 16.9. The summed E-state index contributed by atoms with van der Waals surface area (Å²) in [5, 5.41) is 3.14. The average Bonchev–Trinajstić information content (AvgIpc) is 2.48. The zero-order valence-corrected chi connectivity index (χ0v) is 12.9. The number of carbonyl (C=O) groups is 1. The summed E-state index contributed by atoms with van der Waals surface area (Å²) in [6.07, 6.45) is 4.90. The van der Waals surface area contributed by atoms with E-state index in [9.17, 15) is 4.79 Å². The number of hydrogen-bond donors (Lipinski definition) is 1. The summed E-state index contributed by atoms with van der Waals surface area (Å²) in [6.45, 7) is 7.01. The van der Waals surface area contributed by atoms with E-state index < -0.39 is 0 Å². The van der Waals surface area contributed by atoms with Gasteiger partial charge in [0.1, 0.15) is 0 Å². The van der Waals surface area contributed by atoms with Gasteiger partial charge in [0.25, 0.3) is 0 Å². The number of likely N-dealkylation sites (tertiary alicyclic amines) is 1. The third-order valence-corrected chi connectivity index (χ3v) is 4.43. The molecule has 0 spiro atoms. The summed E-state index contributed by atoms with van der Waals surface area (Å²) in [6, 6.07) is 0.463. The highest BCUT2D eigenvalue weighted by molar-refractivity contribution is 5.78. The zero-order chi connectivity index (χ0) is 14.4. The molecule has 2 rings (SSSR count). The van der Waals surface area contributed by atoms with Gasteiger partial charge in [-0.05, 0) is 32.7 Å². The highest BCUT2D eigenvalue weighted by Gasteiger charge is 2.28. The van der Waals surface area contributed by atoms with Gasteiger partial charge in [0.05, 0.1) is 19.3 Å². The molecule has 1 amide bonds. The zero-order valence-electron chi connectivity index (χ0n) is 12.9. The molecule has 0 aromatic rings. The Bertz CT molecular complexity index is 309. The molecule has 2 aliphatic rings. The van der Waals surface area contributed by atoms with Crippen molar-refractivity contribution in [1.82, 2.24) is 15.1 Å². The van der Waals surface area contributed by atoms with Crippen LogP contribution in [0.25, 0.3) is 0 Å². The van der Waals surface area contributed by atoms with E-state index in [4.69, 9.17) is 4.74 Å². The van der Waals surface area contributed by atoms with Crippen molar-refractivity contribution in [2.75, 3.05) is 46.4 Å². The number of amides is 1. The molecule has 2 unspecified atom stereocenters. The topological polar surface area (TPSA) is 44.8 Å². The Morgan fingerprint density at radius 1 is 1.35 bits per heavy atom. The SMILES string of the molecule is CCC1CCCCN1C(=O)CN1CCOC(CNC)C1. The quantitative estimate of drug-likeness (QED) is 0.807. The smallest absolute Gasteiger partial charge is 0.236 e. The van der Waals surface area contributed by atoms with Crippen molar-refractivity contribution < 1.29 is 9.53 Å². The Labute approximate surface area is 122 Å². The third-order valence-electron chi connectivity index (χ3n) is 4.43. The molecule has 1 N–H and O–H groups in total. The predicted molar refractivity (Wildman–Crippen MR) is 79.7 cm³/mol. The number of nitrogens with zero attached hydrogens (tertiary/aromatic N) is 2. The van der Waals surface area contributed by atoms with Crippen molar-refractivity contribution in [2.45, 2.75) is 44.8 Å². The highest BCUT2D eigenvalue weighted by Crippen LogP contribution is 2.20. The molecule has 0 aromatic heterocycles. The lowest BCUT2D eigenvalue weighted by atomic mass is 10.00. The second-order valence-corrected chi connectivity index (χ2v) is 5.93. The van der Waals surface area contributed by atoms with Crippen LogP contribution in [-0.2, 0) is 9.53 Å². The third kappa shape index (κ3) is 4.17. The predicted octanol–water partition coefficient (Wildman–Crippen LogP) is 0.698. The highest BCUT2D eigenvalue weighted by atomic mass is 16.5. The number of nitrogens with one attached hydrogen (secondary N) is 1. The van der Waals surface area contributed by atoms with E-state index >= 15 is 0 Å². The van der Waals surface area contributed by atoms with Gasteiger partial charge in [0, 0.05) is 32.2 Å². The average molecular weight is 283 g/mol. The molecule has 5 heteroatoms. The van der Waals surface area contributed by atoms with Gasteiger partial charge in [-0.25, -0.2) is 0 Å². The standard InChI is InChI=1S/C15H29N3O2/c1-3-13-6-4-5-7-18(13)15(19)12-17-8-9-20-14(11-17)10-16-2/h13-14,16H,3-12H2,1-2H3. The first-order chi connectivity index (χ1) is 9.74. The summed E-state index contributed by atoms with van der Waals surface area (Å²) < 4.78 is 5.69. The molecule has 2 aliphatic heterocycles. The Kier molecular flexibility index (Phi) is 6.26. The van der Waals surface area contributed by atoms with Crippen LogP contribution < -0.4 is 5.32 Å². The molecule has 0 aliphatic carbocycles. The molecule has 0 bridgehead atoms. The van der Waals surface area contributed by atoms with Gasteiger partial charge in [-0.1, -0.05) is 6.92 Å². The van der Waals surface area contributed by atoms with Crippen molar-refractivity contribution in [2.24, 2.45) is 0 Å². The maximum Gasteiger partial charge on any atom is 0.236 e. The van der Waals surface area contributed by atoms with Gasteiger partial charge in [0.2, 0.25) is 5.91 Å². The van der Waals surface area contributed by atoms with Gasteiger partial charge in [-0.3, -0.25) is 9.69 Å². The van der Waals surface area contributed by atoms with Gasteiger partial charge in [0.15, 0.2) is 0 Å². The summed E-state index contributed by atoms with van der Waals surface area (Å²) in [5.41, 5.74) is 0. The maximum absolute atomic E-state index is 12.5. The van der Waals surface area contributed by atoms with Crippen molar-refractivity contribution in [1.29, 1.82) is 0 Å². The summed E-state index contributed by atoms with van der Waals surface area (Å²) in [7, 11) is 1.94. The summed E-state index contributed by atoms with van der Waals surface area (Å²) in [5.74, 6) is 0.307. The van der Waals surface area contributed by atoms with E-state index in [1.54, 1.807) is 0 Å². The first kappa shape index (κ1) is 15.7. The van der Waals surface area contributed by atoms with Crippen molar-refractivity contribution >= 4 is 5.91 Å². The Morgan fingerprint density at radius 3 is 2.95 bits per heavy atom. The van der Waals surface area contributed by atoms with Crippen LogP contribution in [-0.4, -0.2) is 74.2 Å². The van der Waals surface area contributed by atoms with E-state index in [0.29, 0.717) is 18.5 Å². The lowest BCUT2D eigenvalue weighted by Crippen LogP contribution is -2.52. The molecule has 116 valence electrons. The van der Waals surface area contributed by atoms with E-state index in [2.05, 4.69) is 22.0 Å². The number of morpholine rings is 1. The van der Waals surface area contributed by atoms with Crippen molar-refractivity contribution in [3.05, 3.63) is 0 Å². The number of rotatable bonds is 5. The van der Waals surface area contributed by atoms with Gasteiger partial charge >= 0.3 is 0 Å². The number of piperidine rings is 1. The monoisotopic (exact) mass is 283 g/mol. The Hall–Kier alpha value is -0.650. The molecule has 2 atom stereocenters. The molecule has 0 radical (unpaired) electrons.